The lowest BCUT2D eigenvalue weighted by atomic mass is 10.1. The molecule has 0 aliphatic carbocycles. The maximum atomic E-state index is 12.3. The number of amides is 1. The molecule has 6 nitrogen and oxygen atoms in total. The molecule has 6 heteroatoms. The molecule has 0 spiro atoms. The van der Waals surface area contributed by atoms with Gasteiger partial charge in [-0.3, -0.25) is 4.79 Å². The van der Waals surface area contributed by atoms with E-state index in [-0.39, 0.29) is 5.91 Å². The average molecular weight is 340 g/mol. The van der Waals surface area contributed by atoms with Gasteiger partial charge in [-0.05, 0) is 56.5 Å². The minimum Gasteiger partial charge on any atom is -0.494 e. The Morgan fingerprint density at radius 2 is 1.92 bits per heavy atom. The summed E-state index contributed by atoms with van der Waals surface area (Å²) in [6, 6.07) is 9.04. The molecule has 132 valence electrons. The second-order valence-electron chi connectivity index (χ2n) is 6.02. The monoisotopic (exact) mass is 340 g/mol. The summed E-state index contributed by atoms with van der Waals surface area (Å²) in [5.74, 6) is 2.19. The molecule has 3 rings (SSSR count). The van der Waals surface area contributed by atoms with Gasteiger partial charge in [0.1, 0.15) is 17.4 Å². The number of piperidine rings is 1. The second-order valence-corrected chi connectivity index (χ2v) is 6.02. The number of rotatable bonds is 6. The third-order valence-electron chi connectivity index (χ3n) is 4.21. The number of hydrogen-bond donors (Lipinski definition) is 1. The predicted molar refractivity (Wildman–Crippen MR) is 96.9 cm³/mol. The van der Waals surface area contributed by atoms with E-state index < -0.39 is 0 Å². The predicted octanol–water partition coefficient (Wildman–Crippen LogP) is 2.80. The van der Waals surface area contributed by atoms with Gasteiger partial charge >= 0.3 is 0 Å². The average Bonchev–Trinajstić information content (AvgIpc) is 2.68. The van der Waals surface area contributed by atoms with Gasteiger partial charge in [-0.2, -0.15) is 0 Å². The van der Waals surface area contributed by atoms with Crippen molar-refractivity contribution in [3.8, 4) is 5.75 Å². The molecule has 0 saturated carbocycles. The summed E-state index contributed by atoms with van der Waals surface area (Å²) in [7, 11) is 0. The Labute approximate surface area is 148 Å². The van der Waals surface area contributed by atoms with Crippen LogP contribution in [0.2, 0.25) is 0 Å². The van der Waals surface area contributed by atoms with E-state index in [9.17, 15) is 4.79 Å². The van der Waals surface area contributed by atoms with Gasteiger partial charge in [-0.25, -0.2) is 9.97 Å². The van der Waals surface area contributed by atoms with Crippen molar-refractivity contribution in [2.75, 3.05) is 24.6 Å². The Bertz CT molecular complexity index is 697. The quantitative estimate of drug-likeness (QED) is 0.876. The fraction of sp³-hybridized carbons (Fsp3) is 0.421. The zero-order chi connectivity index (χ0) is 17.5. The molecule has 0 unspecified atom stereocenters. The van der Waals surface area contributed by atoms with Crippen LogP contribution in [0, 0.1) is 0 Å². The molecule has 0 bridgehead atoms. The van der Waals surface area contributed by atoms with Gasteiger partial charge in [0.2, 0.25) is 0 Å². The smallest absolute Gasteiger partial charge is 0.251 e. The third-order valence-corrected chi connectivity index (χ3v) is 4.21. The van der Waals surface area contributed by atoms with E-state index in [0.717, 1.165) is 24.7 Å². The number of nitrogens with one attached hydrogen (secondary N) is 1. The van der Waals surface area contributed by atoms with Crippen molar-refractivity contribution >= 4 is 11.7 Å². The van der Waals surface area contributed by atoms with E-state index in [1.807, 2.05) is 13.0 Å². The van der Waals surface area contributed by atoms with Crippen LogP contribution in [0.1, 0.15) is 42.4 Å². The van der Waals surface area contributed by atoms with Crippen molar-refractivity contribution in [3.63, 3.8) is 0 Å². The molecule has 1 aromatic carbocycles. The van der Waals surface area contributed by atoms with Crippen LogP contribution in [0.15, 0.2) is 36.5 Å². The molecule has 1 aliphatic rings. The zero-order valence-electron chi connectivity index (χ0n) is 14.6. The topological polar surface area (TPSA) is 67.3 Å². The number of nitrogens with zero attached hydrogens (tertiary/aromatic N) is 3. The van der Waals surface area contributed by atoms with Crippen LogP contribution < -0.4 is 15.0 Å². The summed E-state index contributed by atoms with van der Waals surface area (Å²) in [5, 5.41) is 2.87. The van der Waals surface area contributed by atoms with Crippen LogP contribution in [0.4, 0.5) is 5.82 Å². The second kappa shape index (κ2) is 8.46. The van der Waals surface area contributed by atoms with Gasteiger partial charge in [0.05, 0.1) is 13.2 Å². The molecule has 1 N–H and O–H groups in total. The highest BCUT2D eigenvalue weighted by Gasteiger charge is 2.13. The van der Waals surface area contributed by atoms with Gasteiger partial charge in [-0.1, -0.05) is 0 Å². The molecule has 0 atom stereocenters. The first kappa shape index (κ1) is 17.2. The van der Waals surface area contributed by atoms with Crippen LogP contribution in [0.5, 0.6) is 5.75 Å². The van der Waals surface area contributed by atoms with E-state index in [1.165, 1.54) is 19.3 Å². The molecule has 25 heavy (non-hydrogen) atoms. The minimum absolute atomic E-state index is 0.143. The highest BCUT2D eigenvalue weighted by atomic mass is 16.5. The van der Waals surface area contributed by atoms with Crippen LogP contribution in [-0.4, -0.2) is 35.6 Å². The molecule has 1 amide bonds. The summed E-state index contributed by atoms with van der Waals surface area (Å²) in [6.07, 6.45) is 5.45. The molecule has 1 aliphatic heterocycles. The maximum absolute atomic E-state index is 12.3. The Kier molecular flexibility index (Phi) is 5.82. The lowest BCUT2D eigenvalue weighted by molar-refractivity contribution is 0.0950. The first-order chi connectivity index (χ1) is 12.3. The molecular formula is C19H24N4O2. The molecule has 0 radical (unpaired) electrons. The van der Waals surface area contributed by atoms with Gasteiger partial charge in [0.25, 0.3) is 5.91 Å². The largest absolute Gasteiger partial charge is 0.494 e. The summed E-state index contributed by atoms with van der Waals surface area (Å²) >= 11 is 0. The van der Waals surface area contributed by atoms with E-state index >= 15 is 0 Å². The van der Waals surface area contributed by atoms with Crippen molar-refractivity contribution in [1.82, 2.24) is 15.3 Å². The van der Waals surface area contributed by atoms with Crippen LogP contribution >= 0.6 is 0 Å². The number of hydrogen-bond acceptors (Lipinski definition) is 5. The zero-order valence-corrected chi connectivity index (χ0v) is 14.6. The Morgan fingerprint density at radius 1 is 1.16 bits per heavy atom. The molecule has 1 saturated heterocycles. The lowest BCUT2D eigenvalue weighted by Gasteiger charge is -2.27. The van der Waals surface area contributed by atoms with Gasteiger partial charge in [0.15, 0.2) is 0 Å². The Balaban J connectivity index is 1.58. The standard InChI is InChI=1S/C19H24N4O2/c1-2-25-16-8-6-15(7-9-16)19(24)21-14-17-20-11-10-18(22-17)23-12-4-3-5-13-23/h6-11H,2-5,12-14H2,1H3,(H,21,24). The van der Waals surface area contributed by atoms with E-state index in [2.05, 4.69) is 20.2 Å². The third kappa shape index (κ3) is 4.68. The Hall–Kier alpha value is -2.63. The van der Waals surface area contributed by atoms with Crippen molar-refractivity contribution in [2.24, 2.45) is 0 Å². The summed E-state index contributed by atoms with van der Waals surface area (Å²) in [6.45, 7) is 4.92. The van der Waals surface area contributed by atoms with Crippen LogP contribution in [-0.2, 0) is 6.54 Å². The highest BCUT2D eigenvalue weighted by Crippen LogP contribution is 2.17. The number of ether oxygens (including phenoxy) is 1. The Morgan fingerprint density at radius 3 is 2.64 bits per heavy atom. The minimum atomic E-state index is -0.143. The summed E-state index contributed by atoms with van der Waals surface area (Å²) in [5.41, 5.74) is 0.593. The fourth-order valence-electron chi connectivity index (χ4n) is 2.90. The van der Waals surface area contributed by atoms with E-state index in [4.69, 9.17) is 4.74 Å². The first-order valence-electron chi connectivity index (χ1n) is 8.84. The highest BCUT2D eigenvalue weighted by molar-refractivity contribution is 5.94. The van der Waals surface area contributed by atoms with E-state index in [0.29, 0.717) is 24.5 Å². The van der Waals surface area contributed by atoms with Crippen LogP contribution in [0.25, 0.3) is 0 Å². The molecule has 1 fully saturated rings. The molecule has 2 heterocycles. The number of anilines is 1. The molecule has 2 aromatic rings. The fourth-order valence-corrected chi connectivity index (χ4v) is 2.90. The van der Waals surface area contributed by atoms with Crippen molar-refractivity contribution in [1.29, 1.82) is 0 Å². The molecule has 1 aromatic heterocycles. The lowest BCUT2D eigenvalue weighted by Crippen LogP contribution is -2.31. The normalized spacial score (nSPS) is 14.2. The van der Waals surface area contributed by atoms with Crippen LogP contribution in [0.3, 0.4) is 0 Å². The SMILES string of the molecule is CCOc1ccc(C(=O)NCc2nccc(N3CCCCC3)n2)cc1. The molecular weight excluding hydrogens is 316 g/mol. The number of carbonyl (C=O) groups is 1. The van der Waals surface area contributed by atoms with Crippen molar-refractivity contribution in [2.45, 2.75) is 32.7 Å². The van der Waals surface area contributed by atoms with Gasteiger partial charge in [-0.15, -0.1) is 0 Å². The van der Waals surface area contributed by atoms with Gasteiger partial charge in [0, 0.05) is 24.8 Å². The number of benzene rings is 1. The number of carbonyl (C=O) groups excluding carboxylic acids is 1. The summed E-state index contributed by atoms with van der Waals surface area (Å²) < 4.78 is 5.38. The van der Waals surface area contributed by atoms with Gasteiger partial charge < -0.3 is 15.0 Å². The summed E-state index contributed by atoms with van der Waals surface area (Å²) in [4.78, 5) is 23.4. The van der Waals surface area contributed by atoms with Crippen molar-refractivity contribution in [3.05, 3.63) is 47.9 Å². The van der Waals surface area contributed by atoms with E-state index in [1.54, 1.807) is 30.5 Å². The first-order valence-corrected chi connectivity index (χ1v) is 8.84. The number of aromatic nitrogens is 2. The maximum Gasteiger partial charge on any atom is 0.251 e. The van der Waals surface area contributed by atoms with Crippen molar-refractivity contribution < 1.29 is 9.53 Å².